The van der Waals surface area contributed by atoms with Gasteiger partial charge in [-0.1, -0.05) is 0 Å². The van der Waals surface area contributed by atoms with Crippen molar-refractivity contribution in [2.24, 2.45) is 0 Å². The molecule has 6 heterocycles. The number of hydrogen-bond donors (Lipinski definition) is 0. The SMILES string of the molecule is c1ccn(-c2c(-n3cccc3)c(-n3cccc3)c(-n3cccc3)c(-n3cccc3)c2-n2cccc2)c1. The molecule has 6 nitrogen and oxygen atoms in total. The largest absolute Gasteiger partial charge is 0.320 e. The Bertz CT molecular complexity index is 1320. The lowest BCUT2D eigenvalue weighted by atomic mass is 10.1. The Labute approximate surface area is 208 Å². The first-order chi connectivity index (χ1) is 17.9. The van der Waals surface area contributed by atoms with E-state index in [1.807, 2.05) is 0 Å². The molecule has 0 aliphatic rings. The van der Waals surface area contributed by atoms with Crippen molar-refractivity contribution < 1.29 is 0 Å². The molecule has 6 aromatic heterocycles. The third-order valence-corrected chi connectivity index (χ3v) is 6.52. The number of nitrogens with zero attached hydrogens (tertiary/aromatic N) is 6. The van der Waals surface area contributed by atoms with Gasteiger partial charge in [-0.15, -0.1) is 0 Å². The van der Waals surface area contributed by atoms with Crippen LogP contribution in [0.15, 0.2) is 147 Å². The number of rotatable bonds is 6. The van der Waals surface area contributed by atoms with Gasteiger partial charge in [-0.25, -0.2) is 0 Å². The monoisotopic (exact) mass is 468 g/mol. The first-order valence-electron chi connectivity index (χ1n) is 11.9. The molecule has 0 bridgehead atoms. The van der Waals surface area contributed by atoms with E-state index in [0.29, 0.717) is 0 Å². The molecule has 0 N–H and O–H groups in total. The van der Waals surface area contributed by atoms with Crippen LogP contribution in [-0.2, 0) is 0 Å². The molecule has 0 unspecified atom stereocenters. The first kappa shape index (κ1) is 20.3. The highest BCUT2D eigenvalue weighted by molar-refractivity contribution is 5.88. The molecular weight excluding hydrogens is 444 g/mol. The Morgan fingerprint density at radius 3 is 0.417 bits per heavy atom. The molecule has 1 aromatic carbocycles. The molecule has 0 amide bonds. The molecule has 0 atom stereocenters. The van der Waals surface area contributed by atoms with Crippen LogP contribution in [0.5, 0.6) is 0 Å². The van der Waals surface area contributed by atoms with Crippen molar-refractivity contribution in [2.45, 2.75) is 0 Å². The Morgan fingerprint density at radius 2 is 0.306 bits per heavy atom. The van der Waals surface area contributed by atoms with Gasteiger partial charge in [0.05, 0.1) is 34.1 Å². The van der Waals surface area contributed by atoms with Crippen LogP contribution in [0.25, 0.3) is 34.1 Å². The number of benzene rings is 1. The van der Waals surface area contributed by atoms with E-state index in [0.717, 1.165) is 34.1 Å². The summed E-state index contributed by atoms with van der Waals surface area (Å²) in [6, 6.07) is 24.9. The maximum absolute atomic E-state index is 2.21. The van der Waals surface area contributed by atoms with Crippen LogP contribution in [0.3, 0.4) is 0 Å². The van der Waals surface area contributed by atoms with E-state index < -0.39 is 0 Å². The first-order valence-corrected chi connectivity index (χ1v) is 11.9. The fraction of sp³-hybridized carbons (Fsp3) is 0. The van der Waals surface area contributed by atoms with Crippen molar-refractivity contribution in [3.05, 3.63) is 147 Å². The quantitative estimate of drug-likeness (QED) is 0.269. The van der Waals surface area contributed by atoms with E-state index in [1.165, 1.54) is 0 Å². The molecule has 0 radical (unpaired) electrons. The molecule has 7 aromatic rings. The Balaban J connectivity index is 1.79. The summed E-state index contributed by atoms with van der Waals surface area (Å²) in [5.74, 6) is 0. The highest BCUT2D eigenvalue weighted by Crippen LogP contribution is 2.43. The summed E-state index contributed by atoms with van der Waals surface area (Å²) in [7, 11) is 0. The normalized spacial score (nSPS) is 11.3. The van der Waals surface area contributed by atoms with Gasteiger partial charge in [-0.05, 0) is 72.8 Å². The highest BCUT2D eigenvalue weighted by Gasteiger charge is 2.29. The minimum atomic E-state index is 1.08. The van der Waals surface area contributed by atoms with Crippen LogP contribution in [0.4, 0.5) is 0 Å². The zero-order valence-electron chi connectivity index (χ0n) is 19.5. The Morgan fingerprint density at radius 1 is 0.194 bits per heavy atom. The topological polar surface area (TPSA) is 29.6 Å². The highest BCUT2D eigenvalue weighted by atomic mass is 15.2. The van der Waals surface area contributed by atoms with E-state index in [2.05, 4.69) is 175 Å². The second-order valence-corrected chi connectivity index (χ2v) is 8.63. The summed E-state index contributed by atoms with van der Waals surface area (Å²) < 4.78 is 13.3. The molecule has 0 spiro atoms. The zero-order chi connectivity index (χ0) is 23.9. The van der Waals surface area contributed by atoms with E-state index in [1.54, 1.807) is 0 Å². The van der Waals surface area contributed by atoms with Crippen LogP contribution in [0, 0.1) is 0 Å². The van der Waals surface area contributed by atoms with Crippen LogP contribution in [0.1, 0.15) is 0 Å². The predicted octanol–water partition coefficient (Wildman–Crippen LogP) is 6.43. The molecule has 36 heavy (non-hydrogen) atoms. The summed E-state index contributed by atoms with van der Waals surface area (Å²) in [6.07, 6.45) is 25.4. The van der Waals surface area contributed by atoms with Crippen molar-refractivity contribution in [3.8, 4) is 34.1 Å². The summed E-state index contributed by atoms with van der Waals surface area (Å²) in [5.41, 5.74) is 6.48. The average Bonchev–Trinajstić information content (AvgIpc) is 3.78. The van der Waals surface area contributed by atoms with Crippen LogP contribution < -0.4 is 0 Å². The van der Waals surface area contributed by atoms with E-state index in [-0.39, 0.29) is 0 Å². The molecule has 0 aliphatic carbocycles. The number of aromatic nitrogens is 6. The smallest absolute Gasteiger partial charge is 0.0981 e. The van der Waals surface area contributed by atoms with Crippen molar-refractivity contribution in [1.29, 1.82) is 0 Å². The van der Waals surface area contributed by atoms with E-state index >= 15 is 0 Å². The molecule has 7 rings (SSSR count). The van der Waals surface area contributed by atoms with E-state index in [9.17, 15) is 0 Å². The molecule has 174 valence electrons. The summed E-state index contributed by atoms with van der Waals surface area (Å²) in [4.78, 5) is 0. The fourth-order valence-electron chi connectivity index (χ4n) is 5.04. The molecule has 0 saturated heterocycles. The third kappa shape index (κ3) is 3.12. The molecule has 0 fully saturated rings. The second-order valence-electron chi connectivity index (χ2n) is 8.63. The van der Waals surface area contributed by atoms with Crippen LogP contribution in [-0.4, -0.2) is 27.4 Å². The maximum atomic E-state index is 2.21. The maximum Gasteiger partial charge on any atom is 0.0981 e. The van der Waals surface area contributed by atoms with Gasteiger partial charge in [-0.2, -0.15) is 0 Å². The van der Waals surface area contributed by atoms with Crippen molar-refractivity contribution >= 4 is 0 Å². The fourth-order valence-corrected chi connectivity index (χ4v) is 5.04. The van der Waals surface area contributed by atoms with Crippen molar-refractivity contribution in [3.63, 3.8) is 0 Å². The summed E-state index contributed by atoms with van der Waals surface area (Å²) in [6.45, 7) is 0. The molecule has 0 aliphatic heterocycles. The standard InChI is InChI=1S/C30H24N6/c1-2-14-31(13-1)25-26(32-15-3-4-16-32)28(34-19-7-8-20-34)30(36-23-11-12-24-36)29(35-21-9-10-22-35)27(25)33-17-5-6-18-33/h1-24H. The van der Waals surface area contributed by atoms with Crippen LogP contribution in [0.2, 0.25) is 0 Å². The minimum absolute atomic E-state index is 1.08. The molecule has 6 heteroatoms. The van der Waals surface area contributed by atoms with Gasteiger partial charge in [0.15, 0.2) is 0 Å². The summed E-state index contributed by atoms with van der Waals surface area (Å²) >= 11 is 0. The van der Waals surface area contributed by atoms with Gasteiger partial charge in [0.2, 0.25) is 0 Å². The Kier molecular flexibility index (Phi) is 4.67. The molecular formula is C30H24N6. The molecule has 0 saturated carbocycles. The lowest BCUT2D eigenvalue weighted by Gasteiger charge is -2.29. The van der Waals surface area contributed by atoms with Gasteiger partial charge in [0.1, 0.15) is 0 Å². The lowest BCUT2D eigenvalue weighted by Crippen LogP contribution is -2.18. The summed E-state index contributed by atoms with van der Waals surface area (Å²) in [5, 5.41) is 0. The number of hydrogen-bond acceptors (Lipinski definition) is 0. The zero-order valence-corrected chi connectivity index (χ0v) is 19.5. The van der Waals surface area contributed by atoms with Gasteiger partial charge in [-0.3, -0.25) is 0 Å². The third-order valence-electron chi connectivity index (χ3n) is 6.52. The predicted molar refractivity (Wildman–Crippen MR) is 142 cm³/mol. The second kappa shape index (κ2) is 8.29. The van der Waals surface area contributed by atoms with E-state index in [4.69, 9.17) is 0 Å². The van der Waals surface area contributed by atoms with Gasteiger partial charge in [0.25, 0.3) is 0 Å². The van der Waals surface area contributed by atoms with Crippen LogP contribution >= 0.6 is 0 Å². The minimum Gasteiger partial charge on any atom is -0.320 e. The lowest BCUT2D eigenvalue weighted by molar-refractivity contribution is 0.890. The van der Waals surface area contributed by atoms with Crippen molar-refractivity contribution in [1.82, 2.24) is 27.4 Å². The van der Waals surface area contributed by atoms with Crippen molar-refractivity contribution in [2.75, 3.05) is 0 Å². The van der Waals surface area contributed by atoms with Gasteiger partial charge in [0, 0.05) is 74.4 Å². The average molecular weight is 469 g/mol. The van der Waals surface area contributed by atoms with Gasteiger partial charge < -0.3 is 27.4 Å². The Hall–Kier alpha value is -5.10. The van der Waals surface area contributed by atoms with Gasteiger partial charge >= 0.3 is 0 Å².